The van der Waals surface area contributed by atoms with Crippen molar-refractivity contribution in [2.24, 2.45) is 0 Å². The van der Waals surface area contributed by atoms with Crippen molar-refractivity contribution in [2.75, 3.05) is 56.6 Å². The molecule has 3 amide bonds. The Morgan fingerprint density at radius 2 is 1.90 bits per heavy atom. The second-order valence-corrected chi connectivity index (χ2v) is 8.76. The van der Waals surface area contributed by atoms with Crippen molar-refractivity contribution in [1.29, 1.82) is 0 Å². The number of imide groups is 1. The third-order valence-corrected chi connectivity index (χ3v) is 6.65. The predicted molar refractivity (Wildman–Crippen MR) is 113 cm³/mol. The van der Waals surface area contributed by atoms with E-state index < -0.39 is 0 Å². The Morgan fingerprint density at radius 1 is 1.17 bits per heavy atom. The van der Waals surface area contributed by atoms with Crippen LogP contribution in [0.5, 0.6) is 0 Å². The molecule has 0 atom stereocenters. The van der Waals surface area contributed by atoms with E-state index >= 15 is 0 Å². The number of aryl methyl sites for hydroxylation is 1. The molecule has 0 unspecified atom stereocenters. The summed E-state index contributed by atoms with van der Waals surface area (Å²) >= 11 is 0.999. The molecule has 1 aromatic heterocycles. The highest BCUT2D eigenvalue weighted by Crippen LogP contribution is 2.28. The molecule has 10 heteroatoms. The van der Waals surface area contributed by atoms with Gasteiger partial charge in [-0.25, -0.2) is 9.97 Å². The summed E-state index contributed by atoms with van der Waals surface area (Å²) < 4.78 is 5.43. The van der Waals surface area contributed by atoms with Crippen molar-refractivity contribution >= 4 is 34.6 Å². The molecule has 0 aromatic carbocycles. The number of hydrogen-bond acceptors (Lipinski definition) is 8. The Labute approximate surface area is 180 Å². The highest BCUT2D eigenvalue weighted by Gasteiger charge is 2.31. The van der Waals surface area contributed by atoms with Crippen LogP contribution in [0.3, 0.4) is 0 Å². The fourth-order valence-corrected chi connectivity index (χ4v) is 4.81. The van der Waals surface area contributed by atoms with Crippen molar-refractivity contribution < 1.29 is 19.1 Å². The van der Waals surface area contributed by atoms with E-state index in [9.17, 15) is 14.4 Å². The SMILES string of the molecule is Cc1cc(N2CCOCC2)nc(C2CCN(C(=O)CCN3C(=O)CSC3=O)CC2)n1. The predicted octanol–water partition coefficient (Wildman–Crippen LogP) is 1.41. The number of aromatic nitrogens is 2. The summed E-state index contributed by atoms with van der Waals surface area (Å²) in [7, 11) is 0. The van der Waals surface area contributed by atoms with Crippen molar-refractivity contribution in [2.45, 2.75) is 32.1 Å². The number of nitrogens with zero attached hydrogens (tertiary/aromatic N) is 5. The van der Waals surface area contributed by atoms with Gasteiger partial charge in [-0.05, 0) is 19.8 Å². The van der Waals surface area contributed by atoms with Crippen LogP contribution in [0, 0.1) is 6.92 Å². The van der Waals surface area contributed by atoms with Crippen LogP contribution >= 0.6 is 11.8 Å². The zero-order chi connectivity index (χ0) is 21.1. The van der Waals surface area contributed by atoms with Crippen LogP contribution in [0.1, 0.15) is 36.7 Å². The van der Waals surface area contributed by atoms with Gasteiger partial charge in [0.25, 0.3) is 5.24 Å². The highest BCUT2D eigenvalue weighted by molar-refractivity contribution is 8.14. The Hall–Kier alpha value is -2.20. The lowest BCUT2D eigenvalue weighted by molar-refractivity contribution is -0.133. The number of carbonyl (C=O) groups is 3. The van der Waals surface area contributed by atoms with Crippen LogP contribution in [0.25, 0.3) is 0 Å². The van der Waals surface area contributed by atoms with Gasteiger partial charge in [0.05, 0.1) is 19.0 Å². The van der Waals surface area contributed by atoms with Crippen LogP contribution in [0.15, 0.2) is 6.07 Å². The van der Waals surface area contributed by atoms with Crippen LogP contribution in [0.4, 0.5) is 10.6 Å². The molecule has 3 saturated heterocycles. The van der Waals surface area contributed by atoms with E-state index in [1.165, 1.54) is 4.90 Å². The average Bonchev–Trinajstić information content (AvgIpc) is 3.09. The Balaban J connectivity index is 1.32. The number of piperidine rings is 1. The fraction of sp³-hybridized carbons (Fsp3) is 0.650. The van der Waals surface area contributed by atoms with E-state index in [1.807, 2.05) is 17.9 Å². The second-order valence-electron chi connectivity index (χ2n) is 7.83. The van der Waals surface area contributed by atoms with Gasteiger partial charge < -0.3 is 14.5 Å². The summed E-state index contributed by atoms with van der Waals surface area (Å²) in [6, 6.07) is 2.02. The van der Waals surface area contributed by atoms with Gasteiger partial charge in [0.1, 0.15) is 11.6 Å². The third kappa shape index (κ3) is 4.75. The van der Waals surface area contributed by atoms with E-state index in [1.54, 1.807) is 0 Å². The van der Waals surface area contributed by atoms with Crippen LogP contribution in [-0.4, -0.2) is 88.5 Å². The van der Waals surface area contributed by atoms with Gasteiger partial charge in [0.15, 0.2) is 0 Å². The molecule has 3 aliphatic rings. The van der Waals surface area contributed by atoms with E-state index in [2.05, 4.69) is 9.88 Å². The minimum Gasteiger partial charge on any atom is -0.378 e. The quantitative estimate of drug-likeness (QED) is 0.688. The molecule has 0 aliphatic carbocycles. The maximum absolute atomic E-state index is 12.5. The van der Waals surface area contributed by atoms with Crippen molar-refractivity contribution in [3.63, 3.8) is 0 Å². The minimum absolute atomic E-state index is 0.00915. The second kappa shape index (κ2) is 9.30. The van der Waals surface area contributed by atoms with Gasteiger partial charge in [-0.15, -0.1) is 0 Å². The molecule has 162 valence electrons. The third-order valence-electron chi connectivity index (χ3n) is 5.80. The summed E-state index contributed by atoms with van der Waals surface area (Å²) in [4.78, 5) is 50.6. The van der Waals surface area contributed by atoms with Crippen molar-refractivity contribution in [1.82, 2.24) is 19.8 Å². The van der Waals surface area contributed by atoms with Crippen LogP contribution < -0.4 is 4.90 Å². The number of carbonyl (C=O) groups excluding carboxylic acids is 3. The molecular weight excluding hydrogens is 406 g/mol. The molecule has 3 fully saturated rings. The smallest absolute Gasteiger partial charge is 0.288 e. The molecule has 1 aromatic rings. The van der Waals surface area contributed by atoms with Gasteiger partial charge in [0.2, 0.25) is 11.8 Å². The van der Waals surface area contributed by atoms with Gasteiger partial charge in [-0.3, -0.25) is 19.3 Å². The van der Waals surface area contributed by atoms with Crippen molar-refractivity contribution in [3.8, 4) is 0 Å². The van der Waals surface area contributed by atoms with Crippen LogP contribution in [0.2, 0.25) is 0 Å². The maximum Gasteiger partial charge on any atom is 0.288 e. The number of ether oxygens (including phenoxy) is 1. The Bertz CT molecular complexity index is 805. The number of rotatable bonds is 5. The fourth-order valence-electron chi connectivity index (χ4n) is 4.06. The molecule has 4 heterocycles. The molecular formula is C20H27N5O4S. The lowest BCUT2D eigenvalue weighted by Gasteiger charge is -2.33. The lowest BCUT2D eigenvalue weighted by Crippen LogP contribution is -2.40. The first-order chi connectivity index (χ1) is 14.5. The first kappa shape index (κ1) is 21.0. The summed E-state index contributed by atoms with van der Waals surface area (Å²) in [5, 5.41) is -0.251. The largest absolute Gasteiger partial charge is 0.378 e. The summed E-state index contributed by atoms with van der Waals surface area (Å²) in [5.41, 5.74) is 0.956. The Morgan fingerprint density at radius 3 is 2.57 bits per heavy atom. The molecule has 0 N–H and O–H groups in total. The number of anilines is 1. The molecule has 9 nitrogen and oxygen atoms in total. The normalized spacial score (nSPS) is 20.9. The molecule has 30 heavy (non-hydrogen) atoms. The molecule has 0 saturated carbocycles. The van der Waals surface area contributed by atoms with E-state index in [4.69, 9.17) is 9.72 Å². The van der Waals surface area contributed by atoms with Crippen LogP contribution in [-0.2, 0) is 14.3 Å². The molecule has 4 rings (SSSR count). The number of thioether (sulfide) groups is 1. The van der Waals surface area contributed by atoms with Gasteiger partial charge >= 0.3 is 0 Å². The van der Waals surface area contributed by atoms with Crippen molar-refractivity contribution in [3.05, 3.63) is 17.6 Å². The maximum atomic E-state index is 12.5. The number of likely N-dealkylation sites (tertiary alicyclic amines) is 1. The zero-order valence-electron chi connectivity index (χ0n) is 17.2. The van der Waals surface area contributed by atoms with E-state index in [0.29, 0.717) is 26.3 Å². The first-order valence-electron chi connectivity index (χ1n) is 10.4. The highest BCUT2D eigenvalue weighted by atomic mass is 32.2. The minimum atomic E-state index is -0.251. The number of hydrogen-bond donors (Lipinski definition) is 0. The molecule has 3 aliphatic heterocycles. The summed E-state index contributed by atoms with van der Waals surface area (Å²) in [6.07, 6.45) is 1.81. The molecule has 0 spiro atoms. The lowest BCUT2D eigenvalue weighted by atomic mass is 9.95. The van der Waals surface area contributed by atoms with E-state index in [0.717, 1.165) is 55.0 Å². The number of morpholine rings is 1. The first-order valence-corrected chi connectivity index (χ1v) is 11.4. The molecule has 0 bridgehead atoms. The van der Waals surface area contributed by atoms with Gasteiger partial charge in [-0.2, -0.15) is 0 Å². The molecule has 0 radical (unpaired) electrons. The monoisotopic (exact) mass is 433 g/mol. The topological polar surface area (TPSA) is 95.9 Å². The average molecular weight is 434 g/mol. The zero-order valence-corrected chi connectivity index (χ0v) is 18.0. The Kier molecular flexibility index (Phi) is 6.52. The number of amides is 3. The van der Waals surface area contributed by atoms with Gasteiger partial charge in [0, 0.05) is 56.8 Å². The van der Waals surface area contributed by atoms with Gasteiger partial charge in [-0.1, -0.05) is 11.8 Å². The standard InChI is InChI=1S/C20H27N5O4S/c1-14-12-16(23-8-10-29-11-9-23)22-19(21-14)15-2-5-24(6-3-15)17(26)4-7-25-18(27)13-30-20(25)28/h12,15H,2-11,13H2,1H3. The summed E-state index contributed by atoms with van der Waals surface area (Å²) in [5.74, 6) is 2.01. The summed E-state index contributed by atoms with van der Waals surface area (Å²) in [6.45, 7) is 6.56. The van der Waals surface area contributed by atoms with E-state index in [-0.39, 0.29) is 41.7 Å².